The summed E-state index contributed by atoms with van der Waals surface area (Å²) in [7, 11) is 1.49. The van der Waals surface area contributed by atoms with Crippen molar-refractivity contribution in [2.24, 2.45) is 5.10 Å². The number of phenols is 1. The molecule has 0 saturated carbocycles. The van der Waals surface area contributed by atoms with Gasteiger partial charge in [-0.2, -0.15) is 10.2 Å². The molecule has 4 aromatic rings. The molecular weight excluding hydrogens is 436 g/mol. The first-order valence-corrected chi connectivity index (χ1v) is 9.48. The number of nitrogens with one attached hydrogen (secondary N) is 1. The Morgan fingerprint density at radius 3 is 2.86 bits per heavy atom. The van der Waals surface area contributed by atoms with Crippen LogP contribution in [-0.2, 0) is 0 Å². The smallest absolute Gasteiger partial charge is 0.172 e. The van der Waals surface area contributed by atoms with Crippen molar-refractivity contribution in [1.82, 2.24) is 19.7 Å². The Bertz CT molecular complexity index is 1220. The molecule has 2 aromatic carbocycles. The van der Waals surface area contributed by atoms with Crippen LogP contribution in [0.5, 0.6) is 11.5 Å². The van der Waals surface area contributed by atoms with E-state index in [0.29, 0.717) is 21.7 Å². The maximum atomic E-state index is 9.90. The molecule has 0 bridgehead atoms. The lowest BCUT2D eigenvalue weighted by Crippen LogP contribution is -2.01. The summed E-state index contributed by atoms with van der Waals surface area (Å²) in [6.07, 6.45) is 4.78. The molecule has 0 aliphatic heterocycles. The normalized spacial score (nSPS) is 11.3. The highest BCUT2D eigenvalue weighted by Gasteiger charge is 2.12. The number of phenolic OH excluding ortho intramolecular Hbond substituents is 1. The van der Waals surface area contributed by atoms with E-state index in [1.165, 1.54) is 13.4 Å². The number of halogens is 1. The van der Waals surface area contributed by atoms with E-state index in [0.717, 1.165) is 22.2 Å². The van der Waals surface area contributed by atoms with Crippen LogP contribution in [0, 0.1) is 6.92 Å². The van der Waals surface area contributed by atoms with Gasteiger partial charge >= 0.3 is 0 Å². The first-order valence-electron chi connectivity index (χ1n) is 8.69. The van der Waals surface area contributed by atoms with Crippen LogP contribution in [-0.4, -0.2) is 38.2 Å². The van der Waals surface area contributed by atoms with Gasteiger partial charge in [-0.1, -0.05) is 18.2 Å². The number of aryl methyl sites for hydroxylation is 1. The quantitative estimate of drug-likeness (QED) is 0.350. The number of nitrogens with zero attached hydrogens (tertiary/aromatic N) is 5. The Hall–Kier alpha value is -3.46. The minimum Gasteiger partial charge on any atom is -0.503 e. The second kappa shape index (κ2) is 7.88. The summed E-state index contributed by atoms with van der Waals surface area (Å²) in [6.45, 7) is 2.03. The van der Waals surface area contributed by atoms with E-state index in [1.807, 2.05) is 31.2 Å². The van der Waals surface area contributed by atoms with Crippen LogP contribution in [0.4, 0.5) is 5.82 Å². The van der Waals surface area contributed by atoms with Gasteiger partial charge in [-0.15, -0.1) is 0 Å². The topological polar surface area (TPSA) is 97.5 Å². The highest BCUT2D eigenvalue weighted by atomic mass is 79.9. The lowest BCUT2D eigenvalue weighted by Gasteiger charge is -2.07. The predicted molar refractivity (Wildman–Crippen MR) is 115 cm³/mol. The fraction of sp³-hybridized carbons (Fsp3) is 0.100. The Morgan fingerprint density at radius 2 is 2.07 bits per heavy atom. The number of hydrogen-bond acceptors (Lipinski definition) is 7. The molecule has 146 valence electrons. The lowest BCUT2D eigenvalue weighted by molar-refractivity contribution is 0.372. The molecule has 0 spiro atoms. The Morgan fingerprint density at radius 1 is 1.24 bits per heavy atom. The summed E-state index contributed by atoms with van der Waals surface area (Å²) in [4.78, 5) is 8.65. The van der Waals surface area contributed by atoms with Crippen molar-refractivity contribution in [2.45, 2.75) is 6.92 Å². The van der Waals surface area contributed by atoms with E-state index in [9.17, 15) is 5.11 Å². The summed E-state index contributed by atoms with van der Waals surface area (Å²) < 4.78 is 7.45. The van der Waals surface area contributed by atoms with Crippen LogP contribution in [0.3, 0.4) is 0 Å². The Balaban J connectivity index is 1.64. The number of fused-ring (bicyclic) bond motifs is 1. The first kappa shape index (κ1) is 18.9. The SMILES string of the molecule is COc1cc(C=NNc2ncnc3c2cnn3-c2ccccc2C)cc(Br)c1O. The van der Waals surface area contributed by atoms with Gasteiger partial charge in [0.1, 0.15) is 6.33 Å². The monoisotopic (exact) mass is 452 g/mol. The number of hydrazone groups is 1. The number of hydrogen-bond donors (Lipinski definition) is 2. The molecule has 0 saturated heterocycles. The number of ether oxygens (including phenoxy) is 1. The standard InChI is InChI=1S/C20H17BrN6O2/c1-12-5-3-4-6-16(12)27-20-14(10-25-27)19(22-11-23-20)26-24-9-13-7-15(21)18(28)17(8-13)29-2/h3-11,28H,1-2H3,(H,22,23,26). The van der Waals surface area contributed by atoms with Crippen molar-refractivity contribution in [3.63, 3.8) is 0 Å². The zero-order valence-corrected chi connectivity index (χ0v) is 17.3. The molecule has 8 nitrogen and oxygen atoms in total. The van der Waals surface area contributed by atoms with Crippen LogP contribution in [0.2, 0.25) is 0 Å². The summed E-state index contributed by atoms with van der Waals surface area (Å²) in [5.74, 6) is 0.930. The fourth-order valence-electron chi connectivity index (χ4n) is 2.90. The summed E-state index contributed by atoms with van der Waals surface area (Å²) in [5, 5.41) is 19.4. The minimum atomic E-state index is 0.0405. The van der Waals surface area contributed by atoms with E-state index in [4.69, 9.17) is 4.74 Å². The average Bonchev–Trinajstić information content (AvgIpc) is 3.15. The van der Waals surface area contributed by atoms with Crippen molar-refractivity contribution in [3.8, 4) is 17.2 Å². The molecule has 0 radical (unpaired) electrons. The van der Waals surface area contributed by atoms with Gasteiger partial charge in [-0.25, -0.2) is 14.6 Å². The average molecular weight is 453 g/mol. The fourth-order valence-corrected chi connectivity index (χ4v) is 3.36. The molecule has 4 rings (SSSR count). The van der Waals surface area contributed by atoms with Crippen LogP contribution in [0.1, 0.15) is 11.1 Å². The highest BCUT2D eigenvalue weighted by Crippen LogP contribution is 2.34. The predicted octanol–water partition coefficient (Wildman–Crippen LogP) is 4.05. The van der Waals surface area contributed by atoms with Crippen molar-refractivity contribution in [3.05, 3.63) is 64.5 Å². The number of benzene rings is 2. The number of para-hydroxylation sites is 1. The van der Waals surface area contributed by atoms with E-state index >= 15 is 0 Å². The molecule has 0 amide bonds. The number of rotatable bonds is 5. The summed E-state index contributed by atoms with van der Waals surface area (Å²) in [5.41, 5.74) is 6.40. The molecule has 0 atom stereocenters. The second-order valence-electron chi connectivity index (χ2n) is 6.23. The van der Waals surface area contributed by atoms with Crippen molar-refractivity contribution >= 4 is 39.0 Å². The number of aromatic nitrogens is 4. The van der Waals surface area contributed by atoms with E-state index < -0.39 is 0 Å². The third kappa shape index (κ3) is 3.64. The lowest BCUT2D eigenvalue weighted by atomic mass is 10.2. The minimum absolute atomic E-state index is 0.0405. The van der Waals surface area contributed by atoms with Crippen molar-refractivity contribution in [2.75, 3.05) is 12.5 Å². The van der Waals surface area contributed by atoms with Gasteiger partial charge in [0, 0.05) is 0 Å². The highest BCUT2D eigenvalue weighted by molar-refractivity contribution is 9.10. The Labute approximate surface area is 175 Å². The molecule has 9 heteroatoms. The van der Waals surface area contributed by atoms with E-state index in [1.54, 1.807) is 29.2 Å². The number of anilines is 1. The number of aromatic hydroxyl groups is 1. The Kier molecular flexibility index (Phi) is 5.13. The molecule has 2 heterocycles. The van der Waals surface area contributed by atoms with E-state index in [2.05, 4.69) is 41.5 Å². The summed E-state index contributed by atoms with van der Waals surface area (Å²) in [6, 6.07) is 11.4. The van der Waals surface area contributed by atoms with Gasteiger partial charge in [0.15, 0.2) is 23.0 Å². The second-order valence-corrected chi connectivity index (χ2v) is 7.08. The molecule has 0 unspecified atom stereocenters. The van der Waals surface area contributed by atoms with Crippen LogP contribution in [0.25, 0.3) is 16.7 Å². The van der Waals surface area contributed by atoms with Gasteiger partial charge in [-0.05, 0) is 52.2 Å². The van der Waals surface area contributed by atoms with Gasteiger partial charge in [0.05, 0.1) is 35.1 Å². The van der Waals surface area contributed by atoms with Gasteiger partial charge in [0.2, 0.25) is 0 Å². The third-order valence-corrected chi connectivity index (χ3v) is 4.97. The molecule has 2 aromatic heterocycles. The molecule has 2 N–H and O–H groups in total. The molecular formula is C20H17BrN6O2. The third-order valence-electron chi connectivity index (χ3n) is 4.36. The largest absolute Gasteiger partial charge is 0.503 e. The summed E-state index contributed by atoms with van der Waals surface area (Å²) >= 11 is 3.29. The first-order chi connectivity index (χ1) is 14.1. The van der Waals surface area contributed by atoms with Crippen molar-refractivity contribution < 1.29 is 9.84 Å². The maximum Gasteiger partial charge on any atom is 0.172 e. The van der Waals surface area contributed by atoms with Crippen molar-refractivity contribution in [1.29, 1.82) is 0 Å². The van der Waals surface area contributed by atoms with Crippen LogP contribution < -0.4 is 10.2 Å². The van der Waals surface area contributed by atoms with Gasteiger partial charge in [0.25, 0.3) is 0 Å². The molecule has 0 fully saturated rings. The van der Waals surface area contributed by atoms with Gasteiger partial charge < -0.3 is 9.84 Å². The van der Waals surface area contributed by atoms with Gasteiger partial charge in [-0.3, -0.25) is 5.43 Å². The zero-order chi connectivity index (χ0) is 20.4. The molecule has 29 heavy (non-hydrogen) atoms. The maximum absolute atomic E-state index is 9.90. The molecule has 0 aliphatic carbocycles. The number of methoxy groups -OCH3 is 1. The zero-order valence-electron chi connectivity index (χ0n) is 15.7. The molecule has 0 aliphatic rings. The van der Waals surface area contributed by atoms with Crippen LogP contribution >= 0.6 is 15.9 Å². The van der Waals surface area contributed by atoms with E-state index in [-0.39, 0.29) is 5.75 Å². The van der Waals surface area contributed by atoms with Crippen LogP contribution in [0.15, 0.2) is 58.5 Å².